The van der Waals surface area contributed by atoms with E-state index in [1.807, 2.05) is 24.3 Å². The summed E-state index contributed by atoms with van der Waals surface area (Å²) in [5, 5.41) is 13.5. The summed E-state index contributed by atoms with van der Waals surface area (Å²) < 4.78 is 6.41. The Kier molecular flexibility index (Phi) is 3.29. The van der Waals surface area contributed by atoms with Gasteiger partial charge >= 0.3 is 0 Å². The zero-order valence-corrected chi connectivity index (χ0v) is 12.2. The van der Waals surface area contributed by atoms with Crippen molar-refractivity contribution < 1.29 is 9.84 Å². The van der Waals surface area contributed by atoms with Gasteiger partial charge in [-0.05, 0) is 46.3 Å². The molecule has 1 aliphatic rings. The van der Waals surface area contributed by atoms with Crippen LogP contribution in [0.3, 0.4) is 0 Å². The van der Waals surface area contributed by atoms with Crippen LogP contribution < -0.4 is 10.1 Å². The highest BCUT2D eigenvalue weighted by Crippen LogP contribution is 2.37. The number of phenolic OH excluding ortho intramolecular Hbond substituents is 1. The van der Waals surface area contributed by atoms with Gasteiger partial charge in [0.05, 0.1) is 11.1 Å². The molecule has 0 fully saturated rings. The zero-order chi connectivity index (χ0) is 13.4. The van der Waals surface area contributed by atoms with Crippen molar-refractivity contribution in [2.45, 2.75) is 6.04 Å². The lowest BCUT2D eigenvalue weighted by atomic mass is 10.1. The summed E-state index contributed by atoms with van der Waals surface area (Å²) in [5.41, 5.74) is 2.01. The van der Waals surface area contributed by atoms with Gasteiger partial charge in [0.15, 0.2) is 0 Å². The van der Waals surface area contributed by atoms with E-state index in [2.05, 4.69) is 21.2 Å². The Balaban J connectivity index is 1.84. The molecule has 0 aliphatic carbocycles. The molecular weight excluding hydrogens is 330 g/mol. The van der Waals surface area contributed by atoms with Crippen molar-refractivity contribution >= 4 is 33.2 Å². The number of aromatic hydroxyl groups is 1. The molecular formula is C14H11BrClNO2. The molecule has 0 saturated heterocycles. The lowest BCUT2D eigenvalue weighted by molar-refractivity contribution is 0.338. The number of nitrogens with one attached hydrogen (secondary N) is 1. The van der Waals surface area contributed by atoms with Gasteiger partial charge in [-0.1, -0.05) is 11.6 Å². The van der Waals surface area contributed by atoms with Crippen LogP contribution in [-0.4, -0.2) is 11.7 Å². The Bertz CT molecular complexity index is 633. The van der Waals surface area contributed by atoms with Gasteiger partial charge in [0, 0.05) is 21.8 Å². The van der Waals surface area contributed by atoms with Crippen LogP contribution in [0.5, 0.6) is 11.5 Å². The van der Waals surface area contributed by atoms with Crippen molar-refractivity contribution in [3.8, 4) is 11.5 Å². The molecule has 2 N–H and O–H groups in total. The van der Waals surface area contributed by atoms with Crippen LogP contribution in [0.1, 0.15) is 11.6 Å². The first-order valence-electron chi connectivity index (χ1n) is 5.81. The van der Waals surface area contributed by atoms with Crippen molar-refractivity contribution in [1.29, 1.82) is 0 Å². The van der Waals surface area contributed by atoms with Crippen LogP contribution in [0.4, 0.5) is 5.69 Å². The highest BCUT2D eigenvalue weighted by molar-refractivity contribution is 9.10. The van der Waals surface area contributed by atoms with Gasteiger partial charge in [0.1, 0.15) is 18.1 Å². The fraction of sp³-hybridized carbons (Fsp3) is 0.143. The van der Waals surface area contributed by atoms with E-state index in [1.54, 1.807) is 12.1 Å². The number of ether oxygens (including phenoxy) is 1. The first kappa shape index (κ1) is 12.6. The zero-order valence-electron chi connectivity index (χ0n) is 9.86. The largest absolute Gasteiger partial charge is 0.508 e. The second-order valence-electron chi connectivity index (χ2n) is 4.36. The summed E-state index contributed by atoms with van der Waals surface area (Å²) in [6, 6.07) is 10.9. The van der Waals surface area contributed by atoms with E-state index in [-0.39, 0.29) is 11.8 Å². The summed E-state index contributed by atoms with van der Waals surface area (Å²) in [6.45, 7) is 0.541. The Morgan fingerprint density at radius 1 is 1.26 bits per heavy atom. The van der Waals surface area contributed by atoms with Crippen molar-refractivity contribution in [3.05, 3.63) is 51.5 Å². The number of hydrogen-bond donors (Lipinski definition) is 2. The molecule has 98 valence electrons. The van der Waals surface area contributed by atoms with Crippen LogP contribution >= 0.6 is 27.5 Å². The molecule has 19 heavy (non-hydrogen) atoms. The molecule has 0 amide bonds. The first-order chi connectivity index (χ1) is 9.13. The van der Waals surface area contributed by atoms with E-state index >= 15 is 0 Å². The fourth-order valence-electron chi connectivity index (χ4n) is 2.11. The fourth-order valence-corrected chi connectivity index (χ4v) is 2.60. The Hall–Kier alpha value is -1.39. The van der Waals surface area contributed by atoms with Crippen LogP contribution in [0, 0.1) is 0 Å². The molecule has 2 aromatic rings. The molecule has 1 unspecified atom stereocenters. The first-order valence-corrected chi connectivity index (χ1v) is 6.98. The van der Waals surface area contributed by atoms with Crippen molar-refractivity contribution in [1.82, 2.24) is 0 Å². The number of halogens is 2. The SMILES string of the molecule is Oc1ccc2c(c1)OCC2Nc1ccc(Cl)c(Br)c1. The van der Waals surface area contributed by atoms with Gasteiger partial charge < -0.3 is 15.2 Å². The number of phenols is 1. The van der Waals surface area contributed by atoms with Gasteiger partial charge in [-0.2, -0.15) is 0 Å². The van der Waals surface area contributed by atoms with E-state index in [9.17, 15) is 5.11 Å². The standard InChI is InChI=1S/C14H11BrClNO2/c15-11-5-8(1-4-12(11)16)17-13-7-19-14-6-9(18)2-3-10(13)14/h1-6,13,17-18H,7H2. The van der Waals surface area contributed by atoms with E-state index in [0.29, 0.717) is 11.6 Å². The number of rotatable bonds is 2. The number of fused-ring (bicyclic) bond motifs is 1. The van der Waals surface area contributed by atoms with Crippen molar-refractivity contribution in [3.63, 3.8) is 0 Å². The number of benzene rings is 2. The normalized spacial score (nSPS) is 16.8. The minimum atomic E-state index is 0.0728. The quantitative estimate of drug-likeness (QED) is 0.854. The smallest absolute Gasteiger partial charge is 0.128 e. The molecule has 1 aliphatic heterocycles. The van der Waals surface area contributed by atoms with E-state index < -0.39 is 0 Å². The summed E-state index contributed by atoms with van der Waals surface area (Å²) in [6.07, 6.45) is 0. The van der Waals surface area contributed by atoms with Crippen molar-refractivity contribution in [2.24, 2.45) is 0 Å². The molecule has 1 atom stereocenters. The third-order valence-corrected chi connectivity index (χ3v) is 4.25. The Morgan fingerprint density at radius 2 is 2.11 bits per heavy atom. The van der Waals surface area contributed by atoms with Crippen LogP contribution in [0.25, 0.3) is 0 Å². The van der Waals surface area contributed by atoms with Gasteiger partial charge in [0.2, 0.25) is 0 Å². The van der Waals surface area contributed by atoms with Crippen LogP contribution in [0.2, 0.25) is 5.02 Å². The molecule has 0 saturated carbocycles. The summed E-state index contributed by atoms with van der Waals surface area (Å²) in [7, 11) is 0. The highest BCUT2D eigenvalue weighted by Gasteiger charge is 2.24. The third-order valence-electron chi connectivity index (χ3n) is 3.04. The van der Waals surface area contributed by atoms with Crippen LogP contribution in [0.15, 0.2) is 40.9 Å². The lowest BCUT2D eigenvalue weighted by Gasteiger charge is -2.13. The number of anilines is 1. The molecule has 5 heteroatoms. The van der Waals surface area contributed by atoms with Gasteiger partial charge in [0.25, 0.3) is 0 Å². The predicted molar refractivity (Wildman–Crippen MR) is 79.1 cm³/mol. The van der Waals surface area contributed by atoms with Gasteiger partial charge in [-0.25, -0.2) is 0 Å². The highest BCUT2D eigenvalue weighted by atomic mass is 79.9. The predicted octanol–water partition coefficient (Wildman–Crippen LogP) is 4.35. The second-order valence-corrected chi connectivity index (χ2v) is 5.62. The molecule has 1 heterocycles. The summed E-state index contributed by atoms with van der Waals surface area (Å²) >= 11 is 9.37. The topological polar surface area (TPSA) is 41.5 Å². The minimum absolute atomic E-state index is 0.0728. The third kappa shape index (κ3) is 2.51. The number of hydrogen-bond acceptors (Lipinski definition) is 3. The molecule has 3 nitrogen and oxygen atoms in total. The van der Waals surface area contributed by atoms with Crippen LogP contribution in [-0.2, 0) is 0 Å². The lowest BCUT2D eigenvalue weighted by Crippen LogP contribution is -2.11. The van der Waals surface area contributed by atoms with Gasteiger partial charge in [-0.3, -0.25) is 0 Å². The van der Waals surface area contributed by atoms with E-state index in [1.165, 1.54) is 0 Å². The van der Waals surface area contributed by atoms with Crippen molar-refractivity contribution in [2.75, 3.05) is 11.9 Å². The molecule has 0 spiro atoms. The monoisotopic (exact) mass is 339 g/mol. The maximum Gasteiger partial charge on any atom is 0.128 e. The summed E-state index contributed by atoms with van der Waals surface area (Å²) in [5.74, 6) is 0.944. The second kappa shape index (κ2) is 4.94. The molecule has 0 aromatic heterocycles. The maximum atomic E-state index is 9.42. The summed E-state index contributed by atoms with van der Waals surface area (Å²) in [4.78, 5) is 0. The molecule has 0 radical (unpaired) electrons. The van der Waals surface area contributed by atoms with E-state index in [0.717, 1.165) is 21.5 Å². The average molecular weight is 341 g/mol. The molecule has 3 rings (SSSR count). The molecule has 2 aromatic carbocycles. The maximum absolute atomic E-state index is 9.42. The average Bonchev–Trinajstić information content (AvgIpc) is 2.76. The Morgan fingerprint density at radius 3 is 2.89 bits per heavy atom. The minimum Gasteiger partial charge on any atom is -0.508 e. The Labute approximate surface area is 124 Å². The van der Waals surface area contributed by atoms with E-state index in [4.69, 9.17) is 16.3 Å². The molecule has 0 bridgehead atoms. The van der Waals surface area contributed by atoms with Gasteiger partial charge in [-0.15, -0.1) is 0 Å².